The van der Waals surface area contributed by atoms with E-state index in [1.165, 1.54) is 0 Å². The van der Waals surface area contributed by atoms with Gasteiger partial charge < -0.3 is 25.3 Å². The van der Waals surface area contributed by atoms with Gasteiger partial charge in [-0.2, -0.15) is 0 Å². The Balaban J connectivity index is 1.44. The third kappa shape index (κ3) is 3.86. The van der Waals surface area contributed by atoms with Gasteiger partial charge in [0, 0.05) is 40.8 Å². The van der Waals surface area contributed by atoms with Gasteiger partial charge in [0.15, 0.2) is 0 Å². The van der Waals surface area contributed by atoms with Gasteiger partial charge in [-0.05, 0) is 55.3 Å². The van der Waals surface area contributed by atoms with Crippen molar-refractivity contribution < 1.29 is 19.4 Å². The van der Waals surface area contributed by atoms with Crippen molar-refractivity contribution in [1.29, 1.82) is 0 Å². The second-order valence-electron chi connectivity index (χ2n) is 8.07. The number of hydrogen-bond donors (Lipinski definition) is 4. The van der Waals surface area contributed by atoms with Crippen molar-refractivity contribution in [3.05, 3.63) is 54.9 Å². The number of pyridine rings is 1. The number of carbonyl (C=O) groups is 1. The molecular formula is C24H23N3O4. The molecule has 158 valence electrons. The van der Waals surface area contributed by atoms with Crippen LogP contribution in [0, 0.1) is 0 Å². The lowest BCUT2D eigenvalue weighted by Gasteiger charge is -2.29. The summed E-state index contributed by atoms with van der Waals surface area (Å²) in [7, 11) is 0. The van der Waals surface area contributed by atoms with Crippen LogP contribution in [0.5, 0.6) is 5.75 Å². The predicted molar refractivity (Wildman–Crippen MR) is 119 cm³/mol. The molecule has 0 bridgehead atoms. The number of phenols is 1. The molecule has 31 heavy (non-hydrogen) atoms. The monoisotopic (exact) mass is 417 g/mol. The summed E-state index contributed by atoms with van der Waals surface area (Å²) in [4.78, 5) is 15.2. The number of anilines is 1. The lowest BCUT2D eigenvalue weighted by molar-refractivity contribution is 0.185. The fraction of sp³-hybridized carbons (Fsp3) is 0.250. The van der Waals surface area contributed by atoms with Crippen LogP contribution in [0.15, 0.2) is 59.3 Å². The molecule has 4 aromatic rings. The van der Waals surface area contributed by atoms with Gasteiger partial charge >= 0.3 is 6.09 Å². The molecule has 7 heteroatoms. The zero-order valence-corrected chi connectivity index (χ0v) is 16.8. The zero-order valence-electron chi connectivity index (χ0n) is 16.8. The lowest BCUT2D eigenvalue weighted by atomic mass is 9.91. The van der Waals surface area contributed by atoms with Crippen LogP contribution in [0.2, 0.25) is 0 Å². The molecule has 4 N–H and O–H groups in total. The smallest absolute Gasteiger partial charge is 0.404 e. The number of aromatic nitrogens is 1. The first kappa shape index (κ1) is 19.2. The summed E-state index contributed by atoms with van der Waals surface area (Å²) in [6.07, 6.45) is 5.73. The Morgan fingerprint density at radius 3 is 2.55 bits per heavy atom. The van der Waals surface area contributed by atoms with Crippen LogP contribution in [-0.4, -0.2) is 33.4 Å². The summed E-state index contributed by atoms with van der Waals surface area (Å²) in [6.45, 7) is 0. The van der Waals surface area contributed by atoms with E-state index in [2.05, 4.69) is 15.6 Å². The van der Waals surface area contributed by atoms with E-state index in [0.717, 1.165) is 58.7 Å². The number of carboxylic acid groups (broad SMARTS) is 1. The summed E-state index contributed by atoms with van der Waals surface area (Å²) in [5, 5.41) is 28.3. The largest absolute Gasteiger partial charge is 0.506 e. The number of rotatable bonds is 4. The topological polar surface area (TPSA) is 108 Å². The van der Waals surface area contributed by atoms with Crippen LogP contribution in [0.4, 0.5) is 10.5 Å². The van der Waals surface area contributed by atoms with Crippen LogP contribution in [-0.2, 0) is 0 Å². The van der Waals surface area contributed by atoms with Crippen molar-refractivity contribution in [3.8, 4) is 17.1 Å². The van der Waals surface area contributed by atoms with E-state index in [0.29, 0.717) is 5.69 Å². The number of furan rings is 1. The average Bonchev–Trinajstić information content (AvgIpc) is 3.19. The third-order valence-corrected chi connectivity index (χ3v) is 5.98. The molecule has 0 atom stereocenters. The van der Waals surface area contributed by atoms with Crippen LogP contribution in [0.3, 0.4) is 0 Å². The van der Waals surface area contributed by atoms with Crippen LogP contribution in [0.1, 0.15) is 25.7 Å². The number of para-hydroxylation sites is 1. The number of nitrogens with one attached hydrogen (secondary N) is 2. The lowest BCUT2D eigenvalue weighted by Crippen LogP contribution is -2.39. The number of nitrogens with zero attached hydrogens (tertiary/aromatic N) is 1. The molecule has 2 heterocycles. The highest BCUT2D eigenvalue weighted by molar-refractivity contribution is 5.99. The van der Waals surface area contributed by atoms with E-state index >= 15 is 0 Å². The van der Waals surface area contributed by atoms with Gasteiger partial charge in [-0.3, -0.25) is 4.98 Å². The van der Waals surface area contributed by atoms with Gasteiger partial charge in [-0.1, -0.05) is 18.2 Å². The second-order valence-corrected chi connectivity index (χ2v) is 8.07. The summed E-state index contributed by atoms with van der Waals surface area (Å²) in [5.74, 6) is 0.901. The van der Waals surface area contributed by atoms with Gasteiger partial charge in [-0.25, -0.2) is 4.79 Å². The van der Waals surface area contributed by atoms with E-state index in [4.69, 9.17) is 9.52 Å². The standard InChI is InChI=1S/C24H23N3O4/c28-21-9-15-12-25-13-19(23-10-14-3-1-2-4-22(14)31-23)18(15)11-20(21)26-16-5-7-17(8-6-16)27-24(29)30/h1-4,9-13,16-17,26-28H,5-8H2,(H,29,30). The van der Waals surface area contributed by atoms with Gasteiger partial charge in [-0.15, -0.1) is 0 Å². The van der Waals surface area contributed by atoms with Gasteiger partial charge in [0.1, 0.15) is 17.1 Å². The van der Waals surface area contributed by atoms with E-state index in [1.807, 2.05) is 36.4 Å². The molecule has 1 aliphatic rings. The average molecular weight is 417 g/mol. The van der Waals surface area contributed by atoms with E-state index < -0.39 is 6.09 Å². The van der Waals surface area contributed by atoms with Crippen molar-refractivity contribution in [2.45, 2.75) is 37.8 Å². The number of hydrogen-bond acceptors (Lipinski definition) is 5. The zero-order chi connectivity index (χ0) is 21.4. The van der Waals surface area contributed by atoms with Crippen LogP contribution >= 0.6 is 0 Å². The number of benzene rings is 2. The minimum Gasteiger partial charge on any atom is -0.506 e. The van der Waals surface area contributed by atoms with E-state index in [-0.39, 0.29) is 17.8 Å². The number of aromatic hydroxyl groups is 1. The van der Waals surface area contributed by atoms with Crippen molar-refractivity contribution in [1.82, 2.24) is 10.3 Å². The minimum atomic E-state index is -0.977. The fourth-order valence-electron chi connectivity index (χ4n) is 4.41. The quantitative estimate of drug-likeness (QED) is 0.334. The summed E-state index contributed by atoms with van der Waals surface area (Å²) in [5.41, 5.74) is 2.34. The van der Waals surface area contributed by atoms with Gasteiger partial charge in [0.05, 0.1) is 5.69 Å². The number of amides is 1. The van der Waals surface area contributed by atoms with E-state index in [1.54, 1.807) is 18.5 Å². The molecule has 0 radical (unpaired) electrons. The Hall–Kier alpha value is -3.74. The highest BCUT2D eigenvalue weighted by Gasteiger charge is 2.23. The molecule has 1 fully saturated rings. The molecule has 0 aliphatic heterocycles. The van der Waals surface area contributed by atoms with Gasteiger partial charge in [0.25, 0.3) is 0 Å². The van der Waals surface area contributed by atoms with Crippen molar-refractivity contribution in [2.75, 3.05) is 5.32 Å². The van der Waals surface area contributed by atoms with E-state index in [9.17, 15) is 9.90 Å². The summed E-state index contributed by atoms with van der Waals surface area (Å²) >= 11 is 0. The molecular weight excluding hydrogens is 394 g/mol. The maximum atomic E-state index is 10.8. The molecule has 0 spiro atoms. The first-order chi connectivity index (χ1) is 15.1. The van der Waals surface area contributed by atoms with Crippen molar-refractivity contribution in [2.24, 2.45) is 0 Å². The van der Waals surface area contributed by atoms with Crippen LogP contribution in [0.25, 0.3) is 33.1 Å². The molecule has 1 aliphatic carbocycles. The molecule has 2 aromatic heterocycles. The number of phenolic OH excluding ortho intramolecular Hbond substituents is 1. The Labute approximate surface area is 178 Å². The third-order valence-electron chi connectivity index (χ3n) is 5.98. The Morgan fingerprint density at radius 2 is 1.77 bits per heavy atom. The molecule has 7 nitrogen and oxygen atoms in total. The normalized spacial score (nSPS) is 18.8. The maximum Gasteiger partial charge on any atom is 0.404 e. The Kier molecular flexibility index (Phi) is 4.86. The molecule has 0 unspecified atom stereocenters. The Bertz CT molecular complexity index is 1230. The number of fused-ring (bicyclic) bond motifs is 2. The highest BCUT2D eigenvalue weighted by atomic mass is 16.4. The molecule has 1 saturated carbocycles. The van der Waals surface area contributed by atoms with Crippen LogP contribution < -0.4 is 10.6 Å². The fourth-order valence-corrected chi connectivity index (χ4v) is 4.41. The Morgan fingerprint density at radius 1 is 1.00 bits per heavy atom. The van der Waals surface area contributed by atoms with Crippen molar-refractivity contribution >= 4 is 33.5 Å². The highest BCUT2D eigenvalue weighted by Crippen LogP contribution is 2.37. The predicted octanol–water partition coefficient (Wildman–Crippen LogP) is 5.34. The molecule has 5 rings (SSSR count). The first-order valence-electron chi connectivity index (χ1n) is 10.4. The SMILES string of the molecule is O=C(O)NC1CCC(Nc2cc3c(-c4cc5ccccc5o4)cncc3cc2O)CC1. The second kappa shape index (κ2) is 7.83. The molecule has 1 amide bonds. The van der Waals surface area contributed by atoms with Gasteiger partial charge in [0.2, 0.25) is 0 Å². The first-order valence-corrected chi connectivity index (χ1v) is 10.4. The summed E-state index contributed by atoms with van der Waals surface area (Å²) < 4.78 is 6.05. The minimum absolute atomic E-state index is 0.00786. The molecule has 0 saturated heterocycles. The molecule has 2 aromatic carbocycles. The maximum absolute atomic E-state index is 10.8. The van der Waals surface area contributed by atoms with Crippen molar-refractivity contribution in [3.63, 3.8) is 0 Å². The summed E-state index contributed by atoms with van der Waals surface area (Å²) in [6, 6.07) is 13.7.